The van der Waals surface area contributed by atoms with E-state index in [-0.39, 0.29) is 36.4 Å². The highest BCUT2D eigenvalue weighted by Gasteiger charge is 2.23. The van der Waals surface area contributed by atoms with E-state index in [1.807, 2.05) is 0 Å². The van der Waals surface area contributed by atoms with E-state index in [4.69, 9.17) is 0 Å². The molecule has 0 bridgehead atoms. The van der Waals surface area contributed by atoms with E-state index < -0.39 is 17.5 Å². The lowest BCUT2D eigenvalue weighted by Crippen LogP contribution is -2.48. The van der Waals surface area contributed by atoms with E-state index in [0.29, 0.717) is 25.5 Å². The van der Waals surface area contributed by atoms with Crippen molar-refractivity contribution >= 4 is 17.7 Å². The van der Waals surface area contributed by atoms with Crippen LogP contribution in [0.1, 0.15) is 29.6 Å². The summed E-state index contributed by atoms with van der Waals surface area (Å²) >= 11 is 0. The molecule has 0 aromatic heterocycles. The smallest absolute Gasteiger partial charge is 0.254 e. The van der Waals surface area contributed by atoms with Gasteiger partial charge in [-0.05, 0) is 18.6 Å². The van der Waals surface area contributed by atoms with Gasteiger partial charge in [0.05, 0.1) is 5.56 Å². The minimum Gasteiger partial charge on any atom is -0.352 e. The first-order valence-electron chi connectivity index (χ1n) is 7.63. The molecule has 2 rings (SSSR count). The summed E-state index contributed by atoms with van der Waals surface area (Å²) < 4.78 is 26.2. The van der Waals surface area contributed by atoms with Crippen molar-refractivity contribution in [3.05, 3.63) is 35.4 Å². The lowest BCUT2D eigenvalue weighted by Gasteiger charge is -2.30. The highest BCUT2D eigenvalue weighted by Crippen LogP contribution is 2.10. The van der Waals surface area contributed by atoms with Crippen molar-refractivity contribution in [2.24, 2.45) is 0 Å². The predicted octanol–water partition coefficient (Wildman–Crippen LogP) is 0.822. The molecule has 1 aliphatic heterocycles. The third-order valence-corrected chi connectivity index (χ3v) is 3.81. The molecule has 130 valence electrons. The molecule has 1 saturated heterocycles. The van der Waals surface area contributed by atoms with Gasteiger partial charge in [-0.3, -0.25) is 14.4 Å². The number of rotatable bonds is 5. The Morgan fingerprint density at radius 2 is 2.08 bits per heavy atom. The molecule has 24 heavy (non-hydrogen) atoms. The van der Waals surface area contributed by atoms with E-state index in [2.05, 4.69) is 10.6 Å². The molecule has 1 unspecified atom stereocenters. The van der Waals surface area contributed by atoms with E-state index in [1.54, 1.807) is 11.9 Å². The number of benzene rings is 1. The summed E-state index contributed by atoms with van der Waals surface area (Å²) in [5, 5.41) is 5.21. The van der Waals surface area contributed by atoms with Gasteiger partial charge < -0.3 is 15.5 Å². The van der Waals surface area contributed by atoms with Crippen molar-refractivity contribution in [2.45, 2.75) is 25.3 Å². The Hall–Kier alpha value is -2.51. The van der Waals surface area contributed by atoms with Crippen LogP contribution in [-0.2, 0) is 9.59 Å². The maximum Gasteiger partial charge on any atom is 0.254 e. The van der Waals surface area contributed by atoms with Crippen LogP contribution in [0.25, 0.3) is 0 Å². The van der Waals surface area contributed by atoms with Crippen LogP contribution in [0, 0.1) is 11.6 Å². The van der Waals surface area contributed by atoms with E-state index in [1.165, 1.54) is 0 Å². The zero-order chi connectivity index (χ0) is 17.7. The summed E-state index contributed by atoms with van der Waals surface area (Å²) in [6.45, 7) is 0.487. The number of hydrogen-bond donors (Lipinski definition) is 2. The fourth-order valence-corrected chi connectivity index (χ4v) is 2.49. The number of halogens is 2. The van der Waals surface area contributed by atoms with Gasteiger partial charge in [-0.25, -0.2) is 8.78 Å². The number of piperidine rings is 1. The van der Waals surface area contributed by atoms with E-state index in [9.17, 15) is 23.2 Å². The van der Waals surface area contributed by atoms with Gasteiger partial charge in [0.15, 0.2) is 0 Å². The molecular formula is C16H19F2N3O3. The summed E-state index contributed by atoms with van der Waals surface area (Å²) in [4.78, 5) is 36.5. The Kier molecular flexibility index (Phi) is 5.83. The normalized spacial score (nSPS) is 17.5. The summed E-state index contributed by atoms with van der Waals surface area (Å²) in [7, 11) is 1.68. The van der Waals surface area contributed by atoms with Crippen LogP contribution in [-0.4, -0.2) is 48.8 Å². The number of carbonyl (C=O) groups excluding carboxylic acids is 3. The molecule has 0 saturated carbocycles. The Bertz CT molecular complexity index is 651. The molecule has 1 heterocycles. The second kappa shape index (κ2) is 7.85. The Balaban J connectivity index is 1.74. The number of nitrogens with zero attached hydrogens (tertiary/aromatic N) is 1. The fraction of sp³-hybridized carbons (Fsp3) is 0.438. The Morgan fingerprint density at radius 3 is 2.75 bits per heavy atom. The van der Waals surface area contributed by atoms with Gasteiger partial charge >= 0.3 is 0 Å². The number of amides is 3. The molecule has 8 heteroatoms. The van der Waals surface area contributed by atoms with Crippen LogP contribution >= 0.6 is 0 Å². The maximum absolute atomic E-state index is 13.5. The average molecular weight is 339 g/mol. The molecule has 0 radical (unpaired) electrons. The van der Waals surface area contributed by atoms with Gasteiger partial charge in [0.1, 0.15) is 11.6 Å². The second-order valence-corrected chi connectivity index (χ2v) is 5.71. The van der Waals surface area contributed by atoms with Gasteiger partial charge in [0.2, 0.25) is 11.8 Å². The lowest BCUT2D eigenvalue weighted by atomic mass is 10.1. The van der Waals surface area contributed by atoms with Crippen molar-refractivity contribution in [1.29, 1.82) is 0 Å². The third-order valence-electron chi connectivity index (χ3n) is 3.81. The van der Waals surface area contributed by atoms with Crippen molar-refractivity contribution in [3.8, 4) is 0 Å². The first-order chi connectivity index (χ1) is 11.4. The predicted molar refractivity (Wildman–Crippen MR) is 82.1 cm³/mol. The molecule has 1 aromatic carbocycles. The van der Waals surface area contributed by atoms with Gasteiger partial charge in [0.25, 0.3) is 5.91 Å². The fourth-order valence-electron chi connectivity index (χ4n) is 2.49. The number of carbonyl (C=O) groups is 3. The van der Waals surface area contributed by atoms with Crippen LogP contribution in [0.5, 0.6) is 0 Å². The summed E-state index contributed by atoms with van der Waals surface area (Å²) in [5.41, 5.74) is -0.274. The molecule has 1 aromatic rings. The average Bonchev–Trinajstić information content (AvgIpc) is 2.50. The first-order valence-corrected chi connectivity index (χ1v) is 7.63. The Morgan fingerprint density at radius 1 is 1.33 bits per heavy atom. The summed E-state index contributed by atoms with van der Waals surface area (Å²) in [6.07, 6.45) is 1.01. The standard InChI is InChI=1S/C16H19F2N3O3/c1-21-9-11(3-5-15(21)23)20-14(22)6-7-19-16(24)12-4-2-10(17)8-13(12)18/h2,4,8,11H,3,5-7,9H2,1H3,(H,19,24)(H,20,22). The first kappa shape index (κ1) is 17.8. The Labute approximate surface area is 138 Å². The zero-order valence-electron chi connectivity index (χ0n) is 13.3. The van der Waals surface area contributed by atoms with Crippen LogP contribution in [0.2, 0.25) is 0 Å². The van der Waals surface area contributed by atoms with Crippen molar-refractivity contribution in [2.75, 3.05) is 20.1 Å². The third kappa shape index (κ3) is 4.74. The molecule has 6 nitrogen and oxygen atoms in total. The highest BCUT2D eigenvalue weighted by atomic mass is 19.1. The SMILES string of the molecule is CN1CC(NC(=O)CCNC(=O)c2ccc(F)cc2F)CCC1=O. The van der Waals surface area contributed by atoms with Gasteiger partial charge in [0, 0.05) is 45.1 Å². The molecule has 1 atom stereocenters. The number of likely N-dealkylation sites (N-methyl/N-ethyl adjacent to an activating group) is 1. The van der Waals surface area contributed by atoms with Crippen molar-refractivity contribution in [3.63, 3.8) is 0 Å². The molecular weight excluding hydrogens is 320 g/mol. The quantitative estimate of drug-likeness (QED) is 0.834. The molecule has 3 amide bonds. The van der Waals surface area contributed by atoms with Crippen LogP contribution < -0.4 is 10.6 Å². The number of nitrogens with one attached hydrogen (secondary N) is 2. The maximum atomic E-state index is 13.5. The minimum atomic E-state index is -0.952. The molecule has 1 aliphatic rings. The molecule has 2 N–H and O–H groups in total. The topological polar surface area (TPSA) is 78.5 Å². The van der Waals surface area contributed by atoms with Crippen molar-refractivity contribution < 1.29 is 23.2 Å². The van der Waals surface area contributed by atoms with Crippen molar-refractivity contribution in [1.82, 2.24) is 15.5 Å². The second-order valence-electron chi connectivity index (χ2n) is 5.71. The van der Waals surface area contributed by atoms with Gasteiger partial charge in [-0.2, -0.15) is 0 Å². The monoisotopic (exact) mass is 339 g/mol. The van der Waals surface area contributed by atoms with Crippen LogP contribution in [0.4, 0.5) is 8.78 Å². The van der Waals surface area contributed by atoms with Crippen LogP contribution in [0.3, 0.4) is 0 Å². The zero-order valence-corrected chi connectivity index (χ0v) is 13.3. The van der Waals surface area contributed by atoms with Gasteiger partial charge in [-0.1, -0.05) is 0 Å². The number of likely N-dealkylation sites (tertiary alicyclic amines) is 1. The largest absolute Gasteiger partial charge is 0.352 e. The summed E-state index contributed by atoms with van der Waals surface area (Å²) in [6, 6.07) is 2.56. The minimum absolute atomic E-state index is 0.0305. The van der Waals surface area contributed by atoms with Crippen LogP contribution in [0.15, 0.2) is 18.2 Å². The van der Waals surface area contributed by atoms with E-state index >= 15 is 0 Å². The molecule has 0 spiro atoms. The molecule has 0 aliphatic carbocycles. The van der Waals surface area contributed by atoms with Gasteiger partial charge in [-0.15, -0.1) is 0 Å². The summed E-state index contributed by atoms with van der Waals surface area (Å²) in [5.74, 6) is -2.63. The highest BCUT2D eigenvalue weighted by molar-refractivity contribution is 5.94. The number of hydrogen-bond acceptors (Lipinski definition) is 3. The molecule has 1 fully saturated rings. The van der Waals surface area contributed by atoms with E-state index in [0.717, 1.165) is 12.1 Å². The lowest BCUT2D eigenvalue weighted by molar-refractivity contribution is -0.134.